The highest BCUT2D eigenvalue weighted by molar-refractivity contribution is 5.75. The van der Waals surface area contributed by atoms with Gasteiger partial charge in [-0.1, -0.05) is 27.7 Å². The molecule has 0 radical (unpaired) electrons. The largest absolute Gasteiger partial charge is 0.356 e. The maximum atomic E-state index is 11.7. The number of carbonyl (C=O) groups is 1. The first kappa shape index (κ1) is 18.9. The molecule has 1 saturated carbocycles. The summed E-state index contributed by atoms with van der Waals surface area (Å²) in [5.41, 5.74) is 3.34. The van der Waals surface area contributed by atoms with Crippen molar-refractivity contribution < 1.29 is 4.79 Å². The Bertz CT molecular complexity index is 751. The lowest BCUT2D eigenvalue weighted by Gasteiger charge is -2.29. The van der Waals surface area contributed by atoms with E-state index >= 15 is 0 Å². The molecule has 0 unspecified atom stereocenters. The molecule has 2 aromatic rings. The molecular formula is C21H32N4O. The summed E-state index contributed by atoms with van der Waals surface area (Å²) in [5.74, 6) is 1.32. The van der Waals surface area contributed by atoms with Crippen molar-refractivity contribution in [3.63, 3.8) is 0 Å². The molecule has 5 nitrogen and oxygen atoms in total. The monoisotopic (exact) mass is 356 g/mol. The van der Waals surface area contributed by atoms with Crippen LogP contribution in [0.5, 0.6) is 0 Å². The van der Waals surface area contributed by atoms with Crippen LogP contribution >= 0.6 is 0 Å². The minimum Gasteiger partial charge on any atom is -0.356 e. The van der Waals surface area contributed by atoms with Crippen molar-refractivity contribution in [2.24, 2.45) is 5.92 Å². The van der Waals surface area contributed by atoms with Crippen LogP contribution in [-0.2, 0) is 10.2 Å². The van der Waals surface area contributed by atoms with Crippen LogP contribution in [0.2, 0.25) is 0 Å². The van der Waals surface area contributed by atoms with Crippen LogP contribution in [0.4, 0.5) is 0 Å². The average molecular weight is 357 g/mol. The molecule has 3 rings (SSSR count). The normalized spacial score (nSPS) is 21.1. The van der Waals surface area contributed by atoms with Gasteiger partial charge in [0.05, 0.1) is 5.69 Å². The zero-order valence-electron chi connectivity index (χ0n) is 16.6. The summed E-state index contributed by atoms with van der Waals surface area (Å²) >= 11 is 0. The van der Waals surface area contributed by atoms with Gasteiger partial charge in [0.2, 0.25) is 5.91 Å². The van der Waals surface area contributed by atoms with Gasteiger partial charge in [0, 0.05) is 42.3 Å². The van der Waals surface area contributed by atoms with Crippen LogP contribution in [0.3, 0.4) is 0 Å². The van der Waals surface area contributed by atoms with Gasteiger partial charge >= 0.3 is 0 Å². The maximum Gasteiger partial charge on any atom is 0.219 e. The second-order valence-electron chi connectivity index (χ2n) is 8.69. The van der Waals surface area contributed by atoms with Gasteiger partial charge in [-0.05, 0) is 44.1 Å². The predicted octanol–water partition coefficient (Wildman–Crippen LogP) is 4.22. The SMILES string of the molecule is CCCC(=O)NCC1CCC(c2ccnc3cc(C(C)(C)C)nn23)CC1. The summed E-state index contributed by atoms with van der Waals surface area (Å²) in [7, 11) is 0. The molecule has 1 aliphatic carbocycles. The van der Waals surface area contributed by atoms with E-state index in [1.165, 1.54) is 5.69 Å². The molecule has 0 atom stereocenters. The summed E-state index contributed by atoms with van der Waals surface area (Å²) < 4.78 is 2.05. The smallest absolute Gasteiger partial charge is 0.219 e. The molecule has 1 amide bonds. The summed E-state index contributed by atoms with van der Waals surface area (Å²) in [5, 5.41) is 7.95. The van der Waals surface area contributed by atoms with Crippen LogP contribution in [0.25, 0.3) is 5.65 Å². The van der Waals surface area contributed by atoms with Crippen molar-refractivity contribution >= 4 is 11.6 Å². The fraction of sp³-hybridized carbons (Fsp3) is 0.667. The summed E-state index contributed by atoms with van der Waals surface area (Å²) in [6.45, 7) is 9.43. The van der Waals surface area contributed by atoms with Crippen LogP contribution in [0.1, 0.15) is 83.5 Å². The van der Waals surface area contributed by atoms with E-state index in [1.54, 1.807) is 0 Å². The van der Waals surface area contributed by atoms with E-state index in [-0.39, 0.29) is 11.3 Å². The first-order valence-electron chi connectivity index (χ1n) is 10.0. The molecule has 0 saturated heterocycles. The number of carbonyl (C=O) groups excluding carboxylic acids is 1. The minimum absolute atomic E-state index is 0.0271. The lowest BCUT2D eigenvalue weighted by molar-refractivity contribution is -0.121. The van der Waals surface area contributed by atoms with Gasteiger partial charge in [-0.15, -0.1) is 0 Å². The lowest BCUT2D eigenvalue weighted by Crippen LogP contribution is -2.31. The number of hydrogen-bond acceptors (Lipinski definition) is 3. The Labute approximate surface area is 156 Å². The number of fused-ring (bicyclic) bond motifs is 1. The minimum atomic E-state index is 0.0271. The molecule has 5 heteroatoms. The predicted molar refractivity (Wildman–Crippen MR) is 104 cm³/mol. The van der Waals surface area contributed by atoms with Crippen molar-refractivity contribution in [2.45, 2.75) is 77.6 Å². The lowest BCUT2D eigenvalue weighted by atomic mass is 9.80. The molecule has 1 N–H and O–H groups in total. The van der Waals surface area contributed by atoms with Crippen LogP contribution < -0.4 is 5.32 Å². The highest BCUT2D eigenvalue weighted by Gasteiger charge is 2.26. The quantitative estimate of drug-likeness (QED) is 0.873. The Hall–Kier alpha value is -1.91. The molecule has 1 aliphatic rings. The first-order chi connectivity index (χ1) is 12.4. The van der Waals surface area contributed by atoms with Gasteiger partial charge in [-0.3, -0.25) is 4.79 Å². The van der Waals surface area contributed by atoms with Crippen molar-refractivity contribution in [1.29, 1.82) is 0 Å². The van der Waals surface area contributed by atoms with E-state index in [1.807, 2.05) is 13.1 Å². The van der Waals surface area contributed by atoms with Crippen LogP contribution in [-0.4, -0.2) is 27.0 Å². The van der Waals surface area contributed by atoms with E-state index < -0.39 is 0 Å². The molecular weight excluding hydrogens is 324 g/mol. The molecule has 2 aromatic heterocycles. The number of hydrogen-bond donors (Lipinski definition) is 1. The Morgan fingerprint density at radius 1 is 1.27 bits per heavy atom. The van der Waals surface area contributed by atoms with Gasteiger partial charge in [-0.2, -0.15) is 5.10 Å². The highest BCUT2D eigenvalue weighted by atomic mass is 16.1. The summed E-state index contributed by atoms with van der Waals surface area (Å²) in [6.07, 6.45) is 8.09. The van der Waals surface area contributed by atoms with Crippen molar-refractivity contribution in [3.8, 4) is 0 Å². The zero-order valence-corrected chi connectivity index (χ0v) is 16.6. The van der Waals surface area contributed by atoms with Gasteiger partial charge in [0.15, 0.2) is 5.65 Å². The van der Waals surface area contributed by atoms with Gasteiger partial charge in [0.25, 0.3) is 0 Å². The molecule has 0 aromatic carbocycles. The summed E-state index contributed by atoms with van der Waals surface area (Å²) in [6, 6.07) is 4.23. The molecule has 0 spiro atoms. The maximum absolute atomic E-state index is 11.7. The molecule has 1 fully saturated rings. The fourth-order valence-corrected chi connectivity index (χ4v) is 3.83. The third-order valence-corrected chi connectivity index (χ3v) is 5.49. The molecule has 0 bridgehead atoms. The molecule has 2 heterocycles. The van der Waals surface area contributed by atoms with E-state index in [9.17, 15) is 4.79 Å². The Morgan fingerprint density at radius 2 is 2.00 bits per heavy atom. The topological polar surface area (TPSA) is 59.3 Å². The van der Waals surface area contributed by atoms with Gasteiger partial charge in [0.1, 0.15) is 0 Å². The Morgan fingerprint density at radius 3 is 2.65 bits per heavy atom. The van der Waals surface area contributed by atoms with Crippen molar-refractivity contribution in [2.75, 3.05) is 6.54 Å². The van der Waals surface area contributed by atoms with E-state index in [0.717, 1.165) is 50.0 Å². The third kappa shape index (κ3) is 4.25. The molecule has 142 valence electrons. The Balaban J connectivity index is 1.66. The number of nitrogens with one attached hydrogen (secondary N) is 1. The van der Waals surface area contributed by atoms with E-state index in [4.69, 9.17) is 5.10 Å². The zero-order chi connectivity index (χ0) is 18.7. The van der Waals surface area contributed by atoms with Gasteiger partial charge < -0.3 is 5.32 Å². The number of nitrogens with zero attached hydrogens (tertiary/aromatic N) is 3. The molecule has 0 aliphatic heterocycles. The fourth-order valence-electron chi connectivity index (χ4n) is 3.83. The third-order valence-electron chi connectivity index (χ3n) is 5.49. The second kappa shape index (κ2) is 7.77. The van der Waals surface area contributed by atoms with Crippen LogP contribution in [0.15, 0.2) is 18.3 Å². The van der Waals surface area contributed by atoms with Gasteiger partial charge in [-0.25, -0.2) is 9.50 Å². The van der Waals surface area contributed by atoms with Crippen LogP contribution in [0, 0.1) is 5.92 Å². The highest BCUT2D eigenvalue weighted by Crippen LogP contribution is 2.36. The van der Waals surface area contributed by atoms with Crippen molar-refractivity contribution in [1.82, 2.24) is 19.9 Å². The van der Waals surface area contributed by atoms with E-state index in [2.05, 4.69) is 47.7 Å². The van der Waals surface area contributed by atoms with Crippen molar-refractivity contribution in [3.05, 3.63) is 29.7 Å². The Kier molecular flexibility index (Phi) is 5.64. The average Bonchev–Trinajstić information content (AvgIpc) is 3.05. The first-order valence-corrected chi connectivity index (χ1v) is 10.0. The second-order valence-corrected chi connectivity index (χ2v) is 8.69. The summed E-state index contributed by atoms with van der Waals surface area (Å²) in [4.78, 5) is 16.2. The standard InChI is InChI=1S/C21H32N4O/c1-5-6-20(26)23-14-15-7-9-16(10-8-15)17-11-12-22-19-13-18(21(2,3)4)24-25(17)19/h11-13,15-16H,5-10,14H2,1-4H3,(H,23,26). The molecule has 26 heavy (non-hydrogen) atoms. The number of amides is 1. The van der Waals surface area contributed by atoms with E-state index in [0.29, 0.717) is 18.3 Å². The number of rotatable bonds is 5. The number of aromatic nitrogens is 3.